The van der Waals surface area contributed by atoms with E-state index in [2.05, 4.69) is 41.2 Å². The second kappa shape index (κ2) is 11.6. The Balaban J connectivity index is 1.80. The van der Waals surface area contributed by atoms with Gasteiger partial charge in [-0.05, 0) is 31.2 Å². The number of methoxy groups -OCH3 is 1. The Morgan fingerprint density at radius 3 is 2.24 bits per heavy atom. The molecule has 25 heavy (non-hydrogen) atoms. The minimum absolute atomic E-state index is 0.665. The summed E-state index contributed by atoms with van der Waals surface area (Å²) in [6, 6.07) is 8.58. The summed E-state index contributed by atoms with van der Waals surface area (Å²) in [5, 5.41) is 0. The Labute approximate surface area is 151 Å². The van der Waals surface area contributed by atoms with Gasteiger partial charge in [0.2, 0.25) is 0 Å². The fraction of sp³-hybridized carbons (Fsp3) is 0.524. The maximum absolute atomic E-state index is 5.65. The van der Waals surface area contributed by atoms with Gasteiger partial charge in [0, 0.05) is 19.3 Å². The van der Waals surface area contributed by atoms with E-state index in [0.29, 0.717) is 12.4 Å². The predicted octanol–water partition coefficient (Wildman–Crippen LogP) is 5.07. The molecule has 0 saturated carbocycles. The Hall–Kier alpha value is -1.94. The first-order chi connectivity index (χ1) is 12.3. The molecule has 0 N–H and O–H groups in total. The van der Waals surface area contributed by atoms with Gasteiger partial charge >= 0.3 is 0 Å². The molecule has 1 aromatic heterocycles. The molecule has 136 valence electrons. The number of aromatic nitrogens is 2. The third-order valence-electron chi connectivity index (χ3n) is 4.17. The third kappa shape index (κ3) is 7.22. The number of nitrogens with zero attached hydrogens (tertiary/aromatic N) is 2. The summed E-state index contributed by atoms with van der Waals surface area (Å²) < 4.78 is 10.7. The summed E-state index contributed by atoms with van der Waals surface area (Å²) in [6.45, 7) is 3.68. The second-order valence-electron chi connectivity index (χ2n) is 6.30. The van der Waals surface area contributed by atoms with Gasteiger partial charge in [-0.1, -0.05) is 50.5 Å². The van der Waals surface area contributed by atoms with Crippen LogP contribution in [0.15, 0.2) is 36.7 Å². The van der Waals surface area contributed by atoms with Crippen molar-refractivity contribution < 1.29 is 9.47 Å². The van der Waals surface area contributed by atoms with E-state index < -0.39 is 0 Å². The molecule has 0 spiro atoms. The normalized spacial score (nSPS) is 10.8. The average molecular weight is 342 g/mol. The Bertz CT molecular complexity index is 582. The van der Waals surface area contributed by atoms with Crippen LogP contribution in [0.3, 0.4) is 0 Å². The lowest BCUT2D eigenvalue weighted by molar-refractivity contribution is 0.184. The summed E-state index contributed by atoms with van der Waals surface area (Å²) in [5.74, 6) is 1.46. The fourth-order valence-corrected chi connectivity index (χ4v) is 2.65. The molecule has 1 heterocycles. The number of hydrogen-bond acceptors (Lipinski definition) is 4. The van der Waals surface area contributed by atoms with E-state index in [1.807, 2.05) is 0 Å². The summed E-state index contributed by atoms with van der Waals surface area (Å²) in [6.07, 6.45) is 11.8. The highest BCUT2D eigenvalue weighted by atomic mass is 16.5. The Kier molecular flexibility index (Phi) is 8.98. The fourth-order valence-electron chi connectivity index (χ4n) is 2.65. The molecule has 0 amide bonds. The monoisotopic (exact) mass is 342 g/mol. The number of benzene rings is 1. The quantitative estimate of drug-likeness (QED) is 0.505. The standard InChI is InChI=1S/C21H30N2O2/c1-3-4-5-6-9-18-10-12-19(13-11-18)21-22-16-20(17-23-21)25-15-8-7-14-24-2/h10-13,16-17H,3-9,14-15H2,1-2H3. The molecule has 0 aliphatic rings. The highest BCUT2D eigenvalue weighted by molar-refractivity contribution is 5.55. The minimum atomic E-state index is 0.665. The molecule has 0 aliphatic heterocycles. The largest absolute Gasteiger partial charge is 0.490 e. The van der Waals surface area contributed by atoms with E-state index >= 15 is 0 Å². The van der Waals surface area contributed by atoms with Crippen molar-refractivity contribution in [3.05, 3.63) is 42.2 Å². The molecule has 1 aromatic carbocycles. The predicted molar refractivity (Wildman–Crippen MR) is 102 cm³/mol. The van der Waals surface area contributed by atoms with Crippen LogP contribution in [0.4, 0.5) is 0 Å². The second-order valence-corrected chi connectivity index (χ2v) is 6.30. The third-order valence-corrected chi connectivity index (χ3v) is 4.17. The molecule has 2 aromatic rings. The number of ether oxygens (including phenoxy) is 2. The van der Waals surface area contributed by atoms with Crippen LogP contribution in [0.2, 0.25) is 0 Å². The SMILES string of the molecule is CCCCCCc1ccc(-c2ncc(OCCCCOC)cn2)cc1. The molecule has 0 bridgehead atoms. The number of rotatable bonds is 12. The van der Waals surface area contributed by atoms with E-state index in [0.717, 1.165) is 37.3 Å². The van der Waals surface area contributed by atoms with Crippen LogP contribution in [-0.4, -0.2) is 30.3 Å². The van der Waals surface area contributed by atoms with Crippen LogP contribution < -0.4 is 4.74 Å². The van der Waals surface area contributed by atoms with E-state index in [1.165, 1.54) is 31.2 Å². The summed E-state index contributed by atoms with van der Waals surface area (Å²) in [7, 11) is 1.71. The molecule has 0 unspecified atom stereocenters. The smallest absolute Gasteiger partial charge is 0.159 e. The number of hydrogen-bond donors (Lipinski definition) is 0. The van der Waals surface area contributed by atoms with E-state index in [-0.39, 0.29) is 0 Å². The summed E-state index contributed by atoms with van der Waals surface area (Å²) in [4.78, 5) is 8.84. The maximum Gasteiger partial charge on any atom is 0.159 e. The van der Waals surface area contributed by atoms with Crippen LogP contribution in [-0.2, 0) is 11.2 Å². The summed E-state index contributed by atoms with van der Waals surface area (Å²) >= 11 is 0. The topological polar surface area (TPSA) is 44.2 Å². The van der Waals surface area contributed by atoms with Crippen LogP contribution in [0.1, 0.15) is 51.0 Å². The maximum atomic E-state index is 5.65. The van der Waals surface area contributed by atoms with Gasteiger partial charge in [-0.2, -0.15) is 0 Å². The zero-order chi connectivity index (χ0) is 17.7. The molecule has 2 rings (SSSR count). The van der Waals surface area contributed by atoms with Gasteiger partial charge in [-0.3, -0.25) is 0 Å². The lowest BCUT2D eigenvalue weighted by Gasteiger charge is -2.07. The van der Waals surface area contributed by atoms with Crippen molar-refractivity contribution in [1.29, 1.82) is 0 Å². The van der Waals surface area contributed by atoms with Crippen molar-refractivity contribution in [3.8, 4) is 17.1 Å². The average Bonchev–Trinajstić information content (AvgIpc) is 2.66. The van der Waals surface area contributed by atoms with Gasteiger partial charge in [-0.15, -0.1) is 0 Å². The zero-order valence-corrected chi connectivity index (χ0v) is 15.5. The molecule has 0 fully saturated rings. The van der Waals surface area contributed by atoms with E-state index in [4.69, 9.17) is 9.47 Å². The first kappa shape index (κ1) is 19.4. The van der Waals surface area contributed by atoms with Gasteiger partial charge in [0.05, 0.1) is 19.0 Å². The van der Waals surface area contributed by atoms with Gasteiger partial charge in [0.25, 0.3) is 0 Å². The molecular formula is C21H30N2O2. The molecule has 4 nitrogen and oxygen atoms in total. The summed E-state index contributed by atoms with van der Waals surface area (Å²) in [5.41, 5.74) is 2.43. The van der Waals surface area contributed by atoms with Crippen LogP contribution in [0.25, 0.3) is 11.4 Å². The van der Waals surface area contributed by atoms with Crippen molar-refractivity contribution in [2.24, 2.45) is 0 Å². The first-order valence-electron chi connectivity index (χ1n) is 9.36. The Morgan fingerprint density at radius 2 is 1.56 bits per heavy atom. The van der Waals surface area contributed by atoms with Crippen molar-refractivity contribution in [2.75, 3.05) is 20.3 Å². The van der Waals surface area contributed by atoms with Crippen LogP contribution in [0.5, 0.6) is 5.75 Å². The Morgan fingerprint density at radius 1 is 0.840 bits per heavy atom. The molecule has 0 aliphatic carbocycles. The van der Waals surface area contributed by atoms with Gasteiger partial charge < -0.3 is 9.47 Å². The number of aryl methyl sites for hydroxylation is 1. The zero-order valence-electron chi connectivity index (χ0n) is 15.5. The molecular weight excluding hydrogens is 312 g/mol. The minimum Gasteiger partial charge on any atom is -0.490 e. The van der Waals surface area contributed by atoms with Gasteiger partial charge in [0.1, 0.15) is 0 Å². The first-order valence-corrected chi connectivity index (χ1v) is 9.36. The number of unbranched alkanes of at least 4 members (excludes halogenated alkanes) is 4. The van der Waals surface area contributed by atoms with Crippen LogP contribution in [0, 0.1) is 0 Å². The van der Waals surface area contributed by atoms with E-state index in [1.54, 1.807) is 19.5 Å². The highest BCUT2D eigenvalue weighted by Gasteiger charge is 2.03. The van der Waals surface area contributed by atoms with Crippen molar-refractivity contribution in [1.82, 2.24) is 9.97 Å². The molecule has 0 atom stereocenters. The molecule has 4 heteroatoms. The van der Waals surface area contributed by atoms with Gasteiger partial charge in [-0.25, -0.2) is 9.97 Å². The van der Waals surface area contributed by atoms with Crippen molar-refractivity contribution >= 4 is 0 Å². The van der Waals surface area contributed by atoms with Crippen molar-refractivity contribution in [3.63, 3.8) is 0 Å². The molecule has 0 radical (unpaired) electrons. The van der Waals surface area contributed by atoms with Crippen LogP contribution >= 0.6 is 0 Å². The van der Waals surface area contributed by atoms with Gasteiger partial charge in [0.15, 0.2) is 11.6 Å². The highest BCUT2D eigenvalue weighted by Crippen LogP contribution is 2.18. The lowest BCUT2D eigenvalue weighted by Crippen LogP contribution is -2.00. The van der Waals surface area contributed by atoms with E-state index in [9.17, 15) is 0 Å². The lowest BCUT2D eigenvalue weighted by atomic mass is 10.0. The molecule has 0 saturated heterocycles. The van der Waals surface area contributed by atoms with Crippen molar-refractivity contribution in [2.45, 2.75) is 51.9 Å².